The van der Waals surface area contributed by atoms with E-state index in [-0.39, 0.29) is 36.2 Å². The maximum Gasteiger partial charge on any atom is 0.407 e. The van der Waals surface area contributed by atoms with Crippen LogP contribution in [0.3, 0.4) is 0 Å². The number of likely N-dealkylation sites (tertiary alicyclic amines) is 1. The van der Waals surface area contributed by atoms with Crippen LogP contribution in [0.5, 0.6) is 5.75 Å². The molecule has 4 amide bonds. The molecule has 18 heteroatoms. The number of thiophene rings is 1. The fourth-order valence-corrected chi connectivity index (χ4v) is 10.6. The molecule has 0 radical (unpaired) electrons. The van der Waals surface area contributed by atoms with Gasteiger partial charge in [0.2, 0.25) is 18.0 Å². The summed E-state index contributed by atoms with van der Waals surface area (Å²) in [6, 6.07) is 13.7. The fourth-order valence-electron chi connectivity index (χ4n) is 9.40. The summed E-state index contributed by atoms with van der Waals surface area (Å²) in [5.41, 5.74) is 4.58. The average molecular weight is 960 g/mol. The normalized spacial score (nSPS) is 17.3. The second-order valence-electron chi connectivity index (χ2n) is 18.7. The highest BCUT2D eigenvalue weighted by Gasteiger charge is 2.39. The minimum absolute atomic E-state index is 0.176. The molecule has 1 saturated carbocycles. The number of methoxy groups -OCH3 is 2. The molecule has 4 atom stereocenters. The van der Waals surface area contributed by atoms with Gasteiger partial charge in [-0.15, -0.1) is 17.9 Å². The van der Waals surface area contributed by atoms with E-state index in [1.165, 1.54) is 25.2 Å². The van der Waals surface area contributed by atoms with Crippen molar-refractivity contribution < 1.29 is 37.8 Å². The molecular weight excluding hydrogens is 902 g/mol. The Labute approximate surface area is 403 Å². The fraction of sp³-hybridized carbons (Fsp3) is 0.412. The van der Waals surface area contributed by atoms with Crippen molar-refractivity contribution in [2.24, 2.45) is 11.8 Å². The van der Waals surface area contributed by atoms with Gasteiger partial charge < -0.3 is 44.6 Å². The number of H-pyrrole nitrogens is 2. The number of fused-ring (bicyclic) bond motifs is 5. The number of nitrogens with one attached hydrogen (secondary N) is 4. The monoisotopic (exact) mass is 959 g/mol. The highest BCUT2D eigenvalue weighted by Crippen LogP contribution is 2.50. The Balaban J connectivity index is 1.02. The second kappa shape index (κ2) is 19.6. The molecule has 362 valence electrons. The standard InChI is InChI=1S/C51H58FN9O7S/c1-8-9-18-59(47(62)44(27(2)3)57-50(64)66-6)26-42-53-24-34(55-42)30-14-15-36-32(20-30)22-38-43-33(52)21-31(23-39(43)68-49(61(36)38)41-17-16-40(69-41)29-12-13-29)35-25-54-46(56-35)37-11-10-19-60(37)48(63)45(28(4)5)58-51(65)67-7/h8,14-17,20-25,27-29,37,44-45,49H,1,9-13,18-19,26H2,2-7H3,(H,53,55)(H,54,56)(H,57,64)(H,58,65). The average Bonchev–Trinajstić information content (AvgIpc) is 3.92. The summed E-state index contributed by atoms with van der Waals surface area (Å²) >= 11 is 1.72. The van der Waals surface area contributed by atoms with Gasteiger partial charge in [-0.2, -0.15) is 0 Å². The summed E-state index contributed by atoms with van der Waals surface area (Å²) in [4.78, 5) is 73.7. The highest BCUT2D eigenvalue weighted by atomic mass is 32.1. The lowest BCUT2D eigenvalue weighted by Gasteiger charge is -2.30. The largest absolute Gasteiger partial charge is 0.464 e. The number of imidazole rings is 2. The summed E-state index contributed by atoms with van der Waals surface area (Å²) in [6.07, 6.45) is 7.51. The van der Waals surface area contributed by atoms with Crippen molar-refractivity contribution >= 4 is 46.2 Å². The third kappa shape index (κ3) is 9.45. The molecule has 2 aliphatic heterocycles. The van der Waals surface area contributed by atoms with Crippen LogP contribution in [0.1, 0.15) is 99.4 Å². The van der Waals surface area contributed by atoms with Crippen molar-refractivity contribution in [2.45, 2.75) is 96.6 Å². The minimum atomic E-state index is -0.795. The molecule has 1 aliphatic carbocycles. The van der Waals surface area contributed by atoms with Crippen LogP contribution < -0.4 is 15.4 Å². The lowest BCUT2D eigenvalue weighted by Crippen LogP contribution is -2.51. The van der Waals surface area contributed by atoms with Crippen molar-refractivity contribution in [3.63, 3.8) is 0 Å². The van der Waals surface area contributed by atoms with Crippen LogP contribution in [-0.2, 0) is 25.6 Å². The van der Waals surface area contributed by atoms with Crippen molar-refractivity contribution in [1.29, 1.82) is 0 Å². The minimum Gasteiger partial charge on any atom is -0.464 e. The van der Waals surface area contributed by atoms with Crippen molar-refractivity contribution in [3.05, 3.63) is 101 Å². The summed E-state index contributed by atoms with van der Waals surface area (Å²) in [6.45, 7) is 12.4. The van der Waals surface area contributed by atoms with E-state index in [1.54, 1.807) is 39.6 Å². The molecule has 3 aliphatic rings. The molecule has 2 aromatic carbocycles. The molecule has 1 saturated heterocycles. The van der Waals surface area contributed by atoms with E-state index < -0.39 is 36.3 Å². The van der Waals surface area contributed by atoms with Gasteiger partial charge in [0.1, 0.15) is 35.3 Å². The molecular formula is C51H58FN9O7S. The lowest BCUT2D eigenvalue weighted by molar-refractivity contribution is -0.136. The van der Waals surface area contributed by atoms with E-state index >= 15 is 4.39 Å². The zero-order valence-electron chi connectivity index (χ0n) is 39.6. The van der Waals surface area contributed by atoms with Gasteiger partial charge >= 0.3 is 12.2 Å². The van der Waals surface area contributed by atoms with Gasteiger partial charge in [0.05, 0.1) is 72.2 Å². The third-order valence-corrected chi connectivity index (χ3v) is 14.5. The molecule has 4 unspecified atom stereocenters. The van der Waals surface area contributed by atoms with Gasteiger partial charge in [-0.3, -0.25) is 14.2 Å². The highest BCUT2D eigenvalue weighted by molar-refractivity contribution is 7.12. The summed E-state index contributed by atoms with van der Waals surface area (Å²) in [7, 11) is 2.53. The Bertz CT molecular complexity index is 2910. The quantitative estimate of drug-likeness (QED) is 0.0685. The van der Waals surface area contributed by atoms with Gasteiger partial charge in [0.25, 0.3) is 0 Å². The smallest absolute Gasteiger partial charge is 0.407 e. The van der Waals surface area contributed by atoms with Gasteiger partial charge in [0, 0.05) is 34.5 Å². The summed E-state index contributed by atoms with van der Waals surface area (Å²) in [5, 5.41) is 6.23. The number of carbonyl (C=O) groups is 4. The van der Waals surface area contributed by atoms with Crippen molar-refractivity contribution in [2.75, 3.05) is 27.3 Å². The number of nitrogens with zero attached hydrogens (tertiary/aromatic N) is 5. The number of carbonyl (C=O) groups excluding carboxylic acids is 4. The lowest BCUT2D eigenvalue weighted by atomic mass is 10.0. The Kier molecular flexibility index (Phi) is 13.4. The number of benzene rings is 2. The summed E-state index contributed by atoms with van der Waals surface area (Å²) in [5.74, 6) is 0.778. The molecule has 4 N–H and O–H groups in total. The maximum atomic E-state index is 16.9. The molecule has 16 nitrogen and oxygen atoms in total. The number of amides is 4. The Hall–Kier alpha value is -6.95. The Morgan fingerprint density at radius 2 is 1.62 bits per heavy atom. The van der Waals surface area contributed by atoms with Gasteiger partial charge in [-0.25, -0.2) is 23.9 Å². The van der Waals surface area contributed by atoms with Gasteiger partial charge in [-0.05, 0) is 92.3 Å². The number of hydrogen-bond donors (Lipinski definition) is 4. The van der Waals surface area contributed by atoms with E-state index in [9.17, 15) is 19.2 Å². The van der Waals surface area contributed by atoms with Crippen LogP contribution in [0.4, 0.5) is 14.0 Å². The number of ether oxygens (including phenoxy) is 3. The second-order valence-corrected chi connectivity index (χ2v) is 19.8. The molecule has 0 spiro atoms. The van der Waals surface area contributed by atoms with Crippen molar-refractivity contribution in [3.8, 4) is 39.5 Å². The zero-order valence-corrected chi connectivity index (χ0v) is 40.5. The predicted molar refractivity (Wildman–Crippen MR) is 260 cm³/mol. The van der Waals surface area contributed by atoms with Crippen molar-refractivity contribution in [1.82, 2.24) is 44.9 Å². The Morgan fingerprint density at radius 3 is 2.33 bits per heavy atom. The summed E-state index contributed by atoms with van der Waals surface area (Å²) < 4.78 is 35.5. The third-order valence-electron chi connectivity index (χ3n) is 13.2. The van der Waals surface area contributed by atoms with Crippen LogP contribution in [0, 0.1) is 17.7 Å². The van der Waals surface area contributed by atoms with E-state index in [1.807, 2.05) is 58.0 Å². The number of halogens is 1. The first-order valence-corrected chi connectivity index (χ1v) is 24.3. The van der Waals surface area contributed by atoms with Crippen LogP contribution in [0.15, 0.2) is 73.6 Å². The Morgan fingerprint density at radius 1 is 0.913 bits per heavy atom. The zero-order chi connectivity index (χ0) is 48.7. The van der Waals surface area contributed by atoms with Crippen LogP contribution in [0.25, 0.3) is 44.7 Å². The molecule has 9 rings (SSSR count). The molecule has 4 aromatic heterocycles. The van der Waals surface area contributed by atoms with Crippen LogP contribution >= 0.6 is 11.3 Å². The first-order chi connectivity index (χ1) is 33.3. The van der Waals surface area contributed by atoms with Gasteiger partial charge in [-0.1, -0.05) is 39.8 Å². The molecule has 6 aromatic rings. The number of rotatable bonds is 16. The van der Waals surface area contributed by atoms with E-state index in [4.69, 9.17) is 19.2 Å². The molecule has 69 heavy (non-hydrogen) atoms. The molecule has 2 fully saturated rings. The SMILES string of the molecule is C=CCCN(Cc1ncc(-c2ccc3c(c2)cc2n3C(c3ccc(C4CC4)s3)Oc3cc(-c4cnc(C5CCCN5C(=O)C(NC(=O)OC)C(C)C)[nH]4)cc(F)c3-2)[nH]1)C(=O)C(NC(=O)OC)C(C)C. The van der Waals surface area contributed by atoms with Crippen LogP contribution in [0.2, 0.25) is 0 Å². The number of aromatic amines is 2. The first-order valence-electron chi connectivity index (χ1n) is 23.5. The maximum absolute atomic E-state index is 16.9. The number of aromatic nitrogens is 5. The topological polar surface area (TPSA) is 189 Å². The van der Waals surface area contributed by atoms with Crippen LogP contribution in [-0.4, -0.2) is 97.7 Å². The first kappa shape index (κ1) is 47.1. The van der Waals surface area contributed by atoms with E-state index in [2.05, 4.69) is 48.9 Å². The van der Waals surface area contributed by atoms with Gasteiger partial charge in [0.15, 0.2) is 0 Å². The van der Waals surface area contributed by atoms with E-state index in [0.29, 0.717) is 71.8 Å². The molecule has 0 bridgehead atoms. The number of alkyl carbamates (subject to hydrolysis) is 2. The molecule has 6 heterocycles. The predicted octanol–water partition coefficient (Wildman–Crippen LogP) is 9.44. The number of hydrogen-bond acceptors (Lipinski definition) is 10. The van der Waals surface area contributed by atoms with E-state index in [0.717, 1.165) is 46.3 Å².